The fraction of sp³-hybridized carbons (Fsp3) is 0.125. The van der Waals surface area contributed by atoms with Gasteiger partial charge >= 0.3 is 0 Å². The molecule has 22 heavy (non-hydrogen) atoms. The Kier molecular flexibility index (Phi) is 4.50. The van der Waals surface area contributed by atoms with Gasteiger partial charge in [0, 0.05) is 5.56 Å². The van der Waals surface area contributed by atoms with Crippen LogP contribution in [0.15, 0.2) is 54.6 Å². The van der Waals surface area contributed by atoms with Gasteiger partial charge in [0.05, 0.1) is 6.42 Å². The predicted octanol–water partition coefficient (Wildman–Crippen LogP) is 1.79. The molecule has 1 unspecified atom stereocenters. The topological polar surface area (TPSA) is 72.2 Å². The van der Waals surface area contributed by atoms with E-state index in [4.69, 9.17) is 5.73 Å². The first-order valence-corrected chi connectivity index (χ1v) is 6.51. The molecule has 6 heteroatoms. The highest BCUT2D eigenvalue weighted by molar-refractivity contribution is 5.90. The van der Waals surface area contributed by atoms with E-state index in [0.717, 1.165) is 0 Å². The van der Waals surface area contributed by atoms with E-state index >= 15 is 0 Å². The molecule has 0 spiro atoms. The van der Waals surface area contributed by atoms with Crippen LogP contribution in [0.5, 0.6) is 0 Å². The second-order valence-corrected chi connectivity index (χ2v) is 4.74. The van der Waals surface area contributed by atoms with Crippen molar-refractivity contribution in [2.75, 3.05) is 0 Å². The van der Waals surface area contributed by atoms with Crippen LogP contribution in [0.2, 0.25) is 0 Å². The van der Waals surface area contributed by atoms with Crippen molar-refractivity contribution in [3.05, 3.63) is 71.5 Å². The molecule has 2 aromatic carbocycles. The number of amides is 2. The number of rotatable bonds is 5. The molecule has 0 fully saturated rings. The Morgan fingerprint density at radius 3 is 2.18 bits per heavy atom. The first-order chi connectivity index (χ1) is 10.4. The Balaban J connectivity index is 2.16. The van der Waals surface area contributed by atoms with E-state index in [1.165, 1.54) is 48.5 Å². The van der Waals surface area contributed by atoms with Crippen LogP contribution in [0.3, 0.4) is 0 Å². The number of hydrogen-bond acceptors (Lipinski definition) is 2. The van der Waals surface area contributed by atoms with Gasteiger partial charge in [-0.05, 0) is 17.7 Å². The molecule has 0 aliphatic rings. The summed E-state index contributed by atoms with van der Waals surface area (Å²) in [4.78, 5) is 23.4. The van der Waals surface area contributed by atoms with Crippen molar-refractivity contribution >= 4 is 11.8 Å². The Morgan fingerprint density at radius 2 is 1.64 bits per heavy atom. The number of benzene rings is 2. The minimum atomic E-state index is -2.79. The number of nitrogens with one attached hydrogen (secondary N) is 1. The Hall–Kier alpha value is -2.76. The van der Waals surface area contributed by atoms with Gasteiger partial charge in [-0.3, -0.25) is 9.59 Å². The lowest BCUT2D eigenvalue weighted by molar-refractivity contribution is -0.139. The van der Waals surface area contributed by atoms with E-state index < -0.39 is 23.4 Å². The fourth-order valence-corrected chi connectivity index (χ4v) is 1.97. The summed E-state index contributed by atoms with van der Waals surface area (Å²) < 4.78 is 27.6. The van der Waals surface area contributed by atoms with Crippen molar-refractivity contribution in [2.24, 2.45) is 5.73 Å². The zero-order chi connectivity index (χ0) is 16.2. The number of primary amides is 1. The van der Waals surface area contributed by atoms with Crippen molar-refractivity contribution in [3.8, 4) is 0 Å². The molecule has 3 N–H and O–H groups in total. The maximum absolute atomic E-state index is 14.8. The lowest BCUT2D eigenvalue weighted by Crippen LogP contribution is -2.52. The third-order valence-electron chi connectivity index (χ3n) is 3.10. The summed E-state index contributed by atoms with van der Waals surface area (Å²) in [5.74, 6) is -5.29. The summed E-state index contributed by atoms with van der Waals surface area (Å²) in [7, 11) is 0. The predicted molar refractivity (Wildman–Crippen MR) is 76.7 cm³/mol. The minimum Gasteiger partial charge on any atom is -0.365 e. The average Bonchev–Trinajstić information content (AvgIpc) is 2.50. The minimum absolute atomic E-state index is 0.0602. The molecule has 0 aliphatic carbocycles. The van der Waals surface area contributed by atoms with E-state index in [-0.39, 0.29) is 12.0 Å². The highest BCUT2D eigenvalue weighted by Gasteiger charge is 2.40. The summed E-state index contributed by atoms with van der Waals surface area (Å²) in [5.41, 5.74) is 5.51. The van der Waals surface area contributed by atoms with Gasteiger partial charge in [-0.1, -0.05) is 42.5 Å². The fourth-order valence-electron chi connectivity index (χ4n) is 1.97. The lowest BCUT2D eigenvalue weighted by Gasteiger charge is -2.23. The lowest BCUT2D eigenvalue weighted by atomic mass is 10.0. The summed E-state index contributed by atoms with van der Waals surface area (Å²) in [6, 6.07) is 12.6. The van der Waals surface area contributed by atoms with Crippen LogP contribution in [-0.2, 0) is 21.8 Å². The largest absolute Gasteiger partial charge is 0.365 e. The third kappa shape index (κ3) is 3.46. The molecular formula is C16H14F2N2O2. The second kappa shape index (κ2) is 6.34. The SMILES string of the molecule is NC(=O)C(F)(NC(=O)Cc1ccc(F)cc1)c1ccccc1. The molecule has 2 rings (SSSR count). The molecule has 0 aliphatic heterocycles. The van der Waals surface area contributed by atoms with Crippen molar-refractivity contribution in [2.45, 2.75) is 12.2 Å². The number of halogens is 2. The Morgan fingerprint density at radius 1 is 1.05 bits per heavy atom. The highest BCUT2D eigenvalue weighted by atomic mass is 19.1. The number of nitrogens with two attached hydrogens (primary N) is 1. The van der Waals surface area contributed by atoms with Crippen LogP contribution < -0.4 is 11.1 Å². The van der Waals surface area contributed by atoms with Crippen molar-refractivity contribution in [1.82, 2.24) is 5.32 Å². The smallest absolute Gasteiger partial charge is 0.287 e. The number of carbonyl (C=O) groups excluding carboxylic acids is 2. The summed E-state index contributed by atoms with van der Waals surface area (Å²) in [6.45, 7) is 0. The normalized spacial score (nSPS) is 13.2. The standard InChI is InChI=1S/C16H14F2N2O2/c17-13-8-6-11(7-9-13)10-14(21)20-16(18,15(19)22)12-4-2-1-3-5-12/h1-9H,10H2,(H2,19,22)(H,20,21). The molecule has 2 aromatic rings. The Labute approximate surface area is 125 Å². The van der Waals surface area contributed by atoms with E-state index in [2.05, 4.69) is 0 Å². The number of hydrogen-bond donors (Lipinski definition) is 2. The van der Waals surface area contributed by atoms with E-state index in [1.54, 1.807) is 6.07 Å². The molecule has 0 aromatic heterocycles. The molecule has 0 radical (unpaired) electrons. The van der Waals surface area contributed by atoms with Gasteiger partial charge in [0.25, 0.3) is 11.7 Å². The van der Waals surface area contributed by atoms with Gasteiger partial charge in [0.1, 0.15) is 5.82 Å². The van der Waals surface area contributed by atoms with E-state index in [9.17, 15) is 18.4 Å². The van der Waals surface area contributed by atoms with Crippen LogP contribution in [0, 0.1) is 5.82 Å². The zero-order valence-corrected chi connectivity index (χ0v) is 11.6. The molecule has 1 atom stereocenters. The van der Waals surface area contributed by atoms with Crippen LogP contribution in [-0.4, -0.2) is 11.8 Å². The molecular weight excluding hydrogens is 290 g/mol. The Bertz CT molecular complexity index is 674. The van der Waals surface area contributed by atoms with Crippen molar-refractivity contribution in [1.29, 1.82) is 0 Å². The van der Waals surface area contributed by atoms with Crippen LogP contribution in [0.4, 0.5) is 8.78 Å². The maximum Gasteiger partial charge on any atom is 0.287 e. The van der Waals surface area contributed by atoms with Crippen LogP contribution in [0.1, 0.15) is 11.1 Å². The average molecular weight is 304 g/mol. The summed E-state index contributed by atoms with van der Waals surface area (Å²) in [5, 5.41) is 2.00. The first kappa shape index (κ1) is 15.6. The number of alkyl halides is 1. The van der Waals surface area contributed by atoms with Crippen LogP contribution in [0.25, 0.3) is 0 Å². The van der Waals surface area contributed by atoms with Gasteiger partial charge in [-0.2, -0.15) is 0 Å². The van der Waals surface area contributed by atoms with Gasteiger partial charge in [0.2, 0.25) is 5.91 Å². The molecule has 0 saturated heterocycles. The highest BCUT2D eigenvalue weighted by Crippen LogP contribution is 2.22. The summed E-state index contributed by atoms with van der Waals surface area (Å²) >= 11 is 0. The molecule has 0 saturated carbocycles. The maximum atomic E-state index is 14.8. The van der Waals surface area contributed by atoms with Gasteiger partial charge in [-0.15, -0.1) is 0 Å². The van der Waals surface area contributed by atoms with E-state index in [1.807, 2.05) is 5.32 Å². The quantitative estimate of drug-likeness (QED) is 0.827. The molecule has 0 bridgehead atoms. The monoisotopic (exact) mass is 304 g/mol. The molecule has 114 valence electrons. The van der Waals surface area contributed by atoms with Crippen LogP contribution >= 0.6 is 0 Å². The number of carbonyl (C=O) groups is 2. The molecule has 2 amide bonds. The van der Waals surface area contributed by atoms with Gasteiger partial charge < -0.3 is 11.1 Å². The molecule has 4 nitrogen and oxygen atoms in total. The molecule has 0 heterocycles. The van der Waals surface area contributed by atoms with Crippen molar-refractivity contribution < 1.29 is 18.4 Å². The second-order valence-electron chi connectivity index (χ2n) is 4.74. The third-order valence-corrected chi connectivity index (χ3v) is 3.10. The first-order valence-electron chi connectivity index (χ1n) is 6.51. The van der Waals surface area contributed by atoms with Gasteiger partial charge in [-0.25, -0.2) is 8.78 Å². The van der Waals surface area contributed by atoms with E-state index in [0.29, 0.717) is 5.56 Å². The van der Waals surface area contributed by atoms with Crippen molar-refractivity contribution in [3.63, 3.8) is 0 Å². The summed E-state index contributed by atoms with van der Waals surface area (Å²) in [6.07, 6.45) is -0.202. The van der Waals surface area contributed by atoms with Gasteiger partial charge in [0.15, 0.2) is 0 Å². The zero-order valence-electron chi connectivity index (χ0n) is 11.6.